The van der Waals surface area contributed by atoms with Crippen LogP contribution in [0.2, 0.25) is 0 Å². The van der Waals surface area contributed by atoms with E-state index in [1.54, 1.807) is 31.2 Å². The van der Waals surface area contributed by atoms with Gasteiger partial charge >= 0.3 is 0 Å². The summed E-state index contributed by atoms with van der Waals surface area (Å²) in [5, 5.41) is 11.9. The van der Waals surface area contributed by atoms with Gasteiger partial charge in [0.15, 0.2) is 11.5 Å². The topological polar surface area (TPSA) is 66.8 Å². The van der Waals surface area contributed by atoms with E-state index in [1.165, 1.54) is 13.2 Å². The molecule has 0 aromatic heterocycles. The molecule has 1 aromatic rings. The van der Waals surface area contributed by atoms with E-state index in [1.807, 2.05) is 0 Å². The highest BCUT2D eigenvalue weighted by Crippen LogP contribution is 2.45. The summed E-state index contributed by atoms with van der Waals surface area (Å²) in [5.41, 5.74) is -0.0220. The van der Waals surface area contributed by atoms with Gasteiger partial charge < -0.3 is 5.11 Å². The Bertz CT molecular complexity index is 637. The molecule has 3 rings (SSSR count). The van der Waals surface area contributed by atoms with E-state index in [-0.39, 0.29) is 12.2 Å². The molecule has 0 bridgehead atoms. The molecule has 2 atom stereocenters. The lowest BCUT2D eigenvalue weighted by molar-refractivity contribution is -0.236. The zero-order valence-electron chi connectivity index (χ0n) is 11.3. The zero-order valence-corrected chi connectivity index (χ0v) is 11.3. The van der Waals surface area contributed by atoms with Gasteiger partial charge in [-0.2, -0.15) is 5.06 Å². The third-order valence-electron chi connectivity index (χ3n) is 4.03. The zero-order chi connectivity index (χ0) is 14.5. The molecule has 1 N–H and O–H groups in total. The van der Waals surface area contributed by atoms with Crippen molar-refractivity contribution in [3.63, 3.8) is 0 Å². The maximum atomic E-state index is 12.4. The van der Waals surface area contributed by atoms with E-state index < -0.39 is 17.6 Å². The van der Waals surface area contributed by atoms with Gasteiger partial charge in [-0.25, -0.2) is 0 Å². The number of benzene rings is 1. The van der Waals surface area contributed by atoms with Crippen molar-refractivity contribution in [2.75, 3.05) is 7.11 Å². The van der Waals surface area contributed by atoms with Gasteiger partial charge in [-0.15, -0.1) is 0 Å². The van der Waals surface area contributed by atoms with Gasteiger partial charge in [0.25, 0.3) is 5.91 Å². The second-order valence-electron chi connectivity index (χ2n) is 5.16. The van der Waals surface area contributed by atoms with Crippen LogP contribution in [0.4, 0.5) is 0 Å². The van der Waals surface area contributed by atoms with Crippen LogP contribution in [0.3, 0.4) is 0 Å². The number of rotatable bonds is 1. The number of nitrogens with zero attached hydrogens (tertiary/aromatic N) is 1. The molecule has 2 aliphatic rings. The number of Topliss-reactive ketones (excluding diaryl/α,β-unsaturated/α-hetero) is 1. The quantitative estimate of drug-likeness (QED) is 0.839. The highest BCUT2D eigenvalue weighted by molar-refractivity contribution is 6.01. The molecule has 104 valence electrons. The second kappa shape index (κ2) is 4.26. The number of amides is 1. The van der Waals surface area contributed by atoms with Crippen molar-refractivity contribution in [2.45, 2.75) is 25.0 Å². The third-order valence-corrected chi connectivity index (χ3v) is 4.03. The molecule has 5 heteroatoms. The third kappa shape index (κ3) is 1.57. The monoisotopic (exact) mass is 273 g/mol. The summed E-state index contributed by atoms with van der Waals surface area (Å²) in [6.07, 6.45) is 1.57. The SMILES string of the molecule is CON1C(=O)c2ccccc2[C@@H]2CC(=O)C(C)=C[C@@]21O. The van der Waals surface area contributed by atoms with Crippen molar-refractivity contribution in [3.8, 4) is 0 Å². The Balaban J connectivity index is 2.26. The Morgan fingerprint density at radius 3 is 2.75 bits per heavy atom. The fourth-order valence-electron chi connectivity index (χ4n) is 3.03. The Kier molecular flexibility index (Phi) is 2.77. The molecule has 5 nitrogen and oxygen atoms in total. The van der Waals surface area contributed by atoms with Crippen LogP contribution in [0.15, 0.2) is 35.9 Å². The second-order valence-corrected chi connectivity index (χ2v) is 5.16. The predicted octanol–water partition coefficient (Wildman–Crippen LogP) is 1.40. The number of ketones is 1. The molecule has 1 amide bonds. The number of hydroxylamine groups is 2. The van der Waals surface area contributed by atoms with Crippen molar-refractivity contribution in [3.05, 3.63) is 47.0 Å². The summed E-state index contributed by atoms with van der Waals surface area (Å²) in [4.78, 5) is 29.5. The normalized spacial score (nSPS) is 28.9. The van der Waals surface area contributed by atoms with E-state index in [4.69, 9.17) is 4.84 Å². The lowest BCUT2D eigenvalue weighted by Gasteiger charge is -2.47. The largest absolute Gasteiger partial charge is 0.365 e. The number of hydrogen-bond donors (Lipinski definition) is 1. The van der Waals surface area contributed by atoms with Gasteiger partial charge in [0.1, 0.15) is 0 Å². The van der Waals surface area contributed by atoms with Crippen molar-refractivity contribution in [2.24, 2.45) is 0 Å². The number of carbonyl (C=O) groups excluding carboxylic acids is 2. The maximum Gasteiger partial charge on any atom is 0.280 e. The first kappa shape index (κ1) is 13.0. The van der Waals surface area contributed by atoms with Gasteiger partial charge in [-0.1, -0.05) is 18.2 Å². The van der Waals surface area contributed by atoms with Crippen LogP contribution < -0.4 is 0 Å². The van der Waals surface area contributed by atoms with Crippen LogP contribution in [0, 0.1) is 0 Å². The number of allylic oxidation sites excluding steroid dienone is 1. The first-order chi connectivity index (χ1) is 9.49. The molecule has 1 heterocycles. The molecular formula is C15H15NO4. The lowest BCUT2D eigenvalue weighted by Crippen LogP contribution is -2.59. The molecule has 1 aliphatic carbocycles. The summed E-state index contributed by atoms with van der Waals surface area (Å²) in [5.74, 6) is -0.937. The van der Waals surface area contributed by atoms with Gasteiger partial charge in [-0.05, 0) is 30.2 Å². The average molecular weight is 273 g/mol. The van der Waals surface area contributed by atoms with Gasteiger partial charge in [0.05, 0.1) is 7.11 Å². The smallest absolute Gasteiger partial charge is 0.280 e. The van der Waals surface area contributed by atoms with Crippen LogP contribution in [-0.4, -0.2) is 34.7 Å². The number of hydrogen-bond acceptors (Lipinski definition) is 4. The number of fused-ring (bicyclic) bond motifs is 3. The van der Waals surface area contributed by atoms with Crippen LogP contribution in [0.1, 0.15) is 35.2 Å². The minimum absolute atomic E-state index is 0.0279. The summed E-state index contributed by atoms with van der Waals surface area (Å²) in [7, 11) is 1.33. The standard InChI is InChI=1S/C15H15NO4/c1-9-8-15(19)12(7-13(9)17)10-5-3-4-6-11(10)14(18)16(15)20-2/h3-6,8,12,19H,7H2,1-2H3/t12-,15+/m0/s1. The van der Waals surface area contributed by atoms with E-state index >= 15 is 0 Å². The van der Waals surface area contributed by atoms with Crippen molar-refractivity contribution >= 4 is 11.7 Å². The number of aliphatic hydroxyl groups is 1. The van der Waals surface area contributed by atoms with Crippen LogP contribution >= 0.6 is 0 Å². The van der Waals surface area contributed by atoms with Crippen LogP contribution in [-0.2, 0) is 9.63 Å². The molecule has 1 aliphatic heterocycles. The summed E-state index contributed by atoms with van der Waals surface area (Å²) >= 11 is 0. The van der Waals surface area contributed by atoms with E-state index in [0.717, 1.165) is 5.06 Å². The summed E-state index contributed by atoms with van der Waals surface area (Å²) in [6.45, 7) is 1.63. The van der Waals surface area contributed by atoms with Crippen molar-refractivity contribution in [1.29, 1.82) is 0 Å². The van der Waals surface area contributed by atoms with E-state index in [9.17, 15) is 14.7 Å². The Morgan fingerprint density at radius 1 is 1.35 bits per heavy atom. The highest BCUT2D eigenvalue weighted by atomic mass is 16.7. The molecule has 0 spiro atoms. The van der Waals surface area contributed by atoms with E-state index in [2.05, 4.69) is 0 Å². The van der Waals surface area contributed by atoms with Gasteiger partial charge in [0.2, 0.25) is 0 Å². The molecule has 1 aromatic carbocycles. The molecule has 0 unspecified atom stereocenters. The Labute approximate surface area is 116 Å². The van der Waals surface area contributed by atoms with Crippen molar-refractivity contribution < 1.29 is 19.5 Å². The minimum atomic E-state index is -1.61. The lowest BCUT2D eigenvalue weighted by atomic mass is 9.73. The average Bonchev–Trinajstić information content (AvgIpc) is 2.42. The van der Waals surface area contributed by atoms with E-state index in [0.29, 0.717) is 16.7 Å². The number of carbonyl (C=O) groups is 2. The van der Waals surface area contributed by atoms with Crippen LogP contribution in [0.5, 0.6) is 0 Å². The first-order valence-electron chi connectivity index (χ1n) is 6.41. The molecule has 0 fully saturated rings. The first-order valence-corrected chi connectivity index (χ1v) is 6.41. The molecule has 0 radical (unpaired) electrons. The van der Waals surface area contributed by atoms with Crippen LogP contribution in [0.25, 0.3) is 0 Å². The highest BCUT2D eigenvalue weighted by Gasteiger charge is 2.53. The Morgan fingerprint density at radius 2 is 2.05 bits per heavy atom. The molecule has 0 saturated carbocycles. The fourth-order valence-corrected chi connectivity index (χ4v) is 3.03. The summed E-state index contributed by atoms with van der Waals surface area (Å²) in [6, 6.07) is 7.00. The maximum absolute atomic E-state index is 12.4. The molecule has 20 heavy (non-hydrogen) atoms. The summed E-state index contributed by atoms with van der Waals surface area (Å²) < 4.78 is 0. The Hall–Kier alpha value is -1.98. The predicted molar refractivity (Wildman–Crippen MR) is 70.7 cm³/mol. The molecule has 0 saturated heterocycles. The van der Waals surface area contributed by atoms with Crippen molar-refractivity contribution in [1.82, 2.24) is 5.06 Å². The van der Waals surface area contributed by atoms with Gasteiger partial charge in [-0.3, -0.25) is 14.4 Å². The fraction of sp³-hybridized carbons (Fsp3) is 0.333. The minimum Gasteiger partial charge on any atom is -0.365 e. The van der Waals surface area contributed by atoms with Gasteiger partial charge in [0, 0.05) is 17.9 Å². The molecular weight excluding hydrogens is 258 g/mol.